The minimum atomic E-state index is 0.360. The van der Waals surface area contributed by atoms with Crippen LogP contribution in [0, 0.1) is 0 Å². The summed E-state index contributed by atoms with van der Waals surface area (Å²) in [5.74, 6) is 0.360. The second-order valence-electron chi connectivity index (χ2n) is 14.3. The third-order valence-corrected chi connectivity index (χ3v) is 10.8. The highest BCUT2D eigenvalue weighted by atomic mass is 15.0. The summed E-state index contributed by atoms with van der Waals surface area (Å²) in [6, 6.07) is 57.0. The van der Waals surface area contributed by atoms with Gasteiger partial charge in [0, 0.05) is 33.5 Å². The van der Waals surface area contributed by atoms with Crippen molar-refractivity contribution in [3.8, 4) is 50.5 Å². The van der Waals surface area contributed by atoms with Gasteiger partial charge in [-0.2, -0.15) is 0 Å². The lowest BCUT2D eigenvalue weighted by atomic mass is 9.91. The first-order chi connectivity index (χ1) is 27.7. The van der Waals surface area contributed by atoms with E-state index in [9.17, 15) is 0 Å². The number of hydrogen-bond acceptors (Lipinski definition) is 1. The number of allylic oxidation sites excluding steroid dienone is 9. The number of rotatable bonds is 9. The first-order valence-corrected chi connectivity index (χ1v) is 19.4. The van der Waals surface area contributed by atoms with Crippen LogP contribution in [0.15, 0.2) is 213 Å². The summed E-state index contributed by atoms with van der Waals surface area (Å²) in [7, 11) is 0. The SMILES string of the molecule is C=C/C(=C\C=C/C)c1ccc2c(c1)c1cc(C3C=CC=CC3)ccc1n2-c1cccc(-c2cc(-c3ccc(-c4ccccc4)cc3)cc(-c3ccccc3)n2)c1. The van der Waals surface area contributed by atoms with Crippen molar-refractivity contribution >= 4 is 27.4 Å². The maximum atomic E-state index is 5.30. The highest BCUT2D eigenvalue weighted by Crippen LogP contribution is 2.38. The molecule has 0 N–H and O–H groups in total. The molecule has 268 valence electrons. The predicted molar refractivity (Wildman–Crippen MR) is 239 cm³/mol. The standard InChI is InChI=1S/C54H42N2/c1-3-5-16-38(4-2)44-29-31-53-49(34-44)50-35-45(40-19-11-7-12-20-40)30-32-54(50)56(53)48-24-15-23-46(33-48)52-37-47(36-51(55-52)43-21-13-8-14-22-43)42-27-25-41(26-28-42)39-17-9-6-10-18-39/h3-19,21-37,40H,2,20H2,1H3/b5-3-,38-16+. The maximum absolute atomic E-state index is 5.30. The molecule has 0 radical (unpaired) electrons. The molecule has 1 aliphatic carbocycles. The van der Waals surface area contributed by atoms with E-state index in [-0.39, 0.29) is 0 Å². The van der Waals surface area contributed by atoms with Crippen molar-refractivity contribution in [2.45, 2.75) is 19.3 Å². The fourth-order valence-corrected chi connectivity index (χ4v) is 7.93. The van der Waals surface area contributed by atoms with Crippen LogP contribution >= 0.6 is 0 Å². The van der Waals surface area contributed by atoms with E-state index in [2.05, 4.69) is 205 Å². The number of pyridine rings is 1. The average molecular weight is 719 g/mol. The molecule has 9 rings (SSSR count). The lowest BCUT2D eigenvalue weighted by Gasteiger charge is -2.15. The number of benzene rings is 6. The Morgan fingerprint density at radius 1 is 0.607 bits per heavy atom. The Morgan fingerprint density at radius 2 is 1.25 bits per heavy atom. The zero-order valence-electron chi connectivity index (χ0n) is 31.5. The van der Waals surface area contributed by atoms with E-state index in [4.69, 9.17) is 4.98 Å². The van der Waals surface area contributed by atoms with Gasteiger partial charge in [0.05, 0.1) is 22.4 Å². The van der Waals surface area contributed by atoms with Crippen LogP contribution in [0.4, 0.5) is 0 Å². The Balaban J connectivity index is 1.19. The Hall–Kier alpha value is -7.03. The van der Waals surface area contributed by atoms with Crippen LogP contribution < -0.4 is 0 Å². The fourth-order valence-electron chi connectivity index (χ4n) is 7.93. The molecule has 0 amide bonds. The zero-order chi connectivity index (χ0) is 37.8. The average Bonchev–Trinajstić information content (AvgIpc) is 3.60. The first kappa shape index (κ1) is 34.7. The van der Waals surface area contributed by atoms with Gasteiger partial charge in [0.1, 0.15) is 0 Å². The van der Waals surface area contributed by atoms with E-state index in [0.717, 1.165) is 62.4 Å². The van der Waals surface area contributed by atoms with E-state index >= 15 is 0 Å². The molecule has 1 aliphatic rings. The van der Waals surface area contributed by atoms with E-state index < -0.39 is 0 Å². The van der Waals surface area contributed by atoms with Gasteiger partial charge >= 0.3 is 0 Å². The third-order valence-electron chi connectivity index (χ3n) is 10.8. The lowest BCUT2D eigenvalue weighted by molar-refractivity contribution is 0.855. The van der Waals surface area contributed by atoms with Gasteiger partial charge in [0.2, 0.25) is 0 Å². The second-order valence-corrected chi connectivity index (χ2v) is 14.3. The van der Waals surface area contributed by atoms with Crippen molar-refractivity contribution in [3.63, 3.8) is 0 Å². The van der Waals surface area contributed by atoms with Crippen molar-refractivity contribution < 1.29 is 0 Å². The molecule has 0 spiro atoms. The van der Waals surface area contributed by atoms with Gasteiger partial charge in [-0.15, -0.1) is 0 Å². The quantitative estimate of drug-likeness (QED) is 0.136. The van der Waals surface area contributed by atoms with Gasteiger partial charge in [-0.25, -0.2) is 4.98 Å². The molecule has 0 aliphatic heterocycles. The van der Waals surface area contributed by atoms with Crippen molar-refractivity contribution in [2.24, 2.45) is 0 Å². The topological polar surface area (TPSA) is 17.8 Å². The molecule has 1 atom stereocenters. The molecular formula is C54H42N2. The van der Waals surface area contributed by atoms with Gasteiger partial charge < -0.3 is 4.57 Å². The summed E-state index contributed by atoms with van der Waals surface area (Å²) in [4.78, 5) is 5.30. The number of fused-ring (bicyclic) bond motifs is 3. The van der Waals surface area contributed by atoms with Gasteiger partial charge in [-0.05, 0) is 101 Å². The summed E-state index contributed by atoms with van der Waals surface area (Å²) in [6.07, 6.45) is 18.1. The summed E-state index contributed by atoms with van der Waals surface area (Å²) in [5, 5.41) is 2.46. The monoisotopic (exact) mass is 718 g/mol. The van der Waals surface area contributed by atoms with E-state index in [0.29, 0.717) is 5.92 Å². The van der Waals surface area contributed by atoms with Crippen LogP contribution in [-0.4, -0.2) is 9.55 Å². The molecule has 1 unspecified atom stereocenters. The van der Waals surface area contributed by atoms with E-state index in [1.54, 1.807) is 0 Å². The highest BCUT2D eigenvalue weighted by Gasteiger charge is 2.18. The molecule has 2 nitrogen and oxygen atoms in total. The molecule has 0 fully saturated rings. The third kappa shape index (κ3) is 6.78. The van der Waals surface area contributed by atoms with Gasteiger partial charge in [-0.3, -0.25) is 0 Å². The molecule has 0 saturated heterocycles. The molecule has 2 heteroatoms. The zero-order valence-corrected chi connectivity index (χ0v) is 31.5. The van der Waals surface area contributed by atoms with Crippen LogP contribution in [0.3, 0.4) is 0 Å². The van der Waals surface area contributed by atoms with E-state index in [1.165, 1.54) is 33.0 Å². The molecule has 0 bridgehead atoms. The molecule has 6 aromatic carbocycles. The smallest absolute Gasteiger partial charge is 0.0716 e. The molecular weight excluding hydrogens is 677 g/mol. The van der Waals surface area contributed by atoms with Crippen LogP contribution in [0.2, 0.25) is 0 Å². The van der Waals surface area contributed by atoms with Crippen molar-refractivity contribution in [1.82, 2.24) is 9.55 Å². The number of aromatic nitrogens is 2. The molecule has 8 aromatic rings. The fraction of sp³-hybridized carbons (Fsp3) is 0.0556. The summed E-state index contributed by atoms with van der Waals surface area (Å²) >= 11 is 0. The van der Waals surface area contributed by atoms with Crippen LogP contribution in [-0.2, 0) is 0 Å². The molecule has 2 heterocycles. The van der Waals surface area contributed by atoms with Gasteiger partial charge in [0.15, 0.2) is 0 Å². The Kier molecular flexibility index (Phi) is 9.53. The Labute approximate surface area is 329 Å². The number of hydrogen-bond donors (Lipinski definition) is 0. The summed E-state index contributed by atoms with van der Waals surface area (Å²) in [5.41, 5.74) is 15.7. The maximum Gasteiger partial charge on any atom is 0.0716 e. The second kappa shape index (κ2) is 15.4. The molecule has 2 aromatic heterocycles. The van der Waals surface area contributed by atoms with Crippen molar-refractivity contribution in [2.75, 3.05) is 0 Å². The van der Waals surface area contributed by atoms with Gasteiger partial charge in [-0.1, -0.05) is 164 Å². The summed E-state index contributed by atoms with van der Waals surface area (Å²) in [6.45, 7) is 6.18. The lowest BCUT2D eigenvalue weighted by Crippen LogP contribution is -1.97. The van der Waals surface area contributed by atoms with Crippen molar-refractivity contribution in [3.05, 3.63) is 224 Å². The summed E-state index contributed by atoms with van der Waals surface area (Å²) < 4.78 is 2.41. The largest absolute Gasteiger partial charge is 0.309 e. The Morgan fingerprint density at radius 3 is 1.95 bits per heavy atom. The normalized spacial score (nSPS) is 14.2. The van der Waals surface area contributed by atoms with Crippen molar-refractivity contribution in [1.29, 1.82) is 0 Å². The predicted octanol–water partition coefficient (Wildman–Crippen LogP) is 14.6. The van der Waals surface area contributed by atoms with Gasteiger partial charge in [0.25, 0.3) is 0 Å². The number of nitrogens with zero attached hydrogens (tertiary/aromatic N) is 2. The van der Waals surface area contributed by atoms with Crippen LogP contribution in [0.5, 0.6) is 0 Å². The van der Waals surface area contributed by atoms with Crippen LogP contribution in [0.1, 0.15) is 30.4 Å². The minimum absolute atomic E-state index is 0.360. The van der Waals surface area contributed by atoms with E-state index in [1.807, 2.05) is 19.1 Å². The van der Waals surface area contributed by atoms with Crippen LogP contribution in [0.25, 0.3) is 77.8 Å². The Bertz CT molecular complexity index is 2830. The molecule has 0 saturated carbocycles. The molecule has 56 heavy (non-hydrogen) atoms. The first-order valence-electron chi connectivity index (χ1n) is 19.4. The highest BCUT2D eigenvalue weighted by molar-refractivity contribution is 6.10. The minimum Gasteiger partial charge on any atom is -0.309 e.